The second-order valence-corrected chi connectivity index (χ2v) is 7.88. The Balaban J connectivity index is 1.70. The molecule has 0 aliphatic carbocycles. The largest absolute Gasteiger partial charge is 0.488 e. The molecule has 0 N–H and O–H groups in total. The second-order valence-electron chi connectivity index (χ2n) is 6.20. The van der Waals surface area contributed by atoms with Gasteiger partial charge in [0.25, 0.3) is 5.91 Å². The third kappa shape index (κ3) is 5.68. The molecule has 0 radical (unpaired) electrons. The SMILES string of the molecule is CCOC(=O)CCN1C(=O)/C(=C/c2ccccc2OCc2ccccc2)SC1=S. The summed E-state index contributed by atoms with van der Waals surface area (Å²) in [6.07, 6.45) is 1.90. The van der Waals surface area contributed by atoms with Crippen LogP contribution in [-0.2, 0) is 20.9 Å². The summed E-state index contributed by atoms with van der Waals surface area (Å²) in [5, 5.41) is 0. The van der Waals surface area contributed by atoms with Crippen LogP contribution in [0.25, 0.3) is 6.08 Å². The number of esters is 1. The number of hydrogen-bond acceptors (Lipinski definition) is 6. The summed E-state index contributed by atoms with van der Waals surface area (Å²) in [5.41, 5.74) is 1.86. The minimum atomic E-state index is -0.342. The lowest BCUT2D eigenvalue weighted by atomic mass is 10.1. The second kappa shape index (κ2) is 10.2. The van der Waals surface area contributed by atoms with Crippen molar-refractivity contribution in [2.24, 2.45) is 0 Å². The van der Waals surface area contributed by atoms with E-state index in [9.17, 15) is 9.59 Å². The molecule has 0 bridgehead atoms. The Morgan fingerprint density at radius 2 is 1.86 bits per heavy atom. The summed E-state index contributed by atoms with van der Waals surface area (Å²) >= 11 is 6.55. The first kappa shape index (κ1) is 21.1. The molecule has 1 aliphatic rings. The molecule has 7 heteroatoms. The van der Waals surface area contributed by atoms with Crippen LogP contribution in [0.2, 0.25) is 0 Å². The number of benzene rings is 2. The van der Waals surface area contributed by atoms with Gasteiger partial charge in [0, 0.05) is 12.1 Å². The topological polar surface area (TPSA) is 55.8 Å². The lowest BCUT2D eigenvalue weighted by Gasteiger charge is -2.13. The van der Waals surface area contributed by atoms with E-state index in [0.29, 0.717) is 28.2 Å². The highest BCUT2D eigenvalue weighted by Gasteiger charge is 2.32. The summed E-state index contributed by atoms with van der Waals surface area (Å²) in [6, 6.07) is 17.4. The van der Waals surface area contributed by atoms with E-state index in [4.69, 9.17) is 21.7 Å². The molecule has 29 heavy (non-hydrogen) atoms. The average Bonchev–Trinajstić information content (AvgIpc) is 2.99. The summed E-state index contributed by atoms with van der Waals surface area (Å²) in [4.78, 5) is 26.3. The van der Waals surface area contributed by atoms with Crippen LogP contribution < -0.4 is 4.74 Å². The number of hydrogen-bond donors (Lipinski definition) is 0. The van der Waals surface area contributed by atoms with Crippen LogP contribution in [0.3, 0.4) is 0 Å². The van der Waals surface area contributed by atoms with Gasteiger partial charge in [-0.1, -0.05) is 72.5 Å². The van der Waals surface area contributed by atoms with Crippen molar-refractivity contribution in [2.75, 3.05) is 13.2 Å². The maximum Gasteiger partial charge on any atom is 0.307 e. The number of para-hydroxylation sites is 1. The maximum atomic E-state index is 12.7. The fourth-order valence-electron chi connectivity index (χ4n) is 2.74. The monoisotopic (exact) mass is 427 g/mol. The standard InChI is InChI=1S/C22H21NO4S2/c1-2-26-20(24)12-13-23-21(25)19(29-22(23)28)14-17-10-6-7-11-18(17)27-15-16-8-4-3-5-9-16/h3-11,14H,2,12-13,15H2,1H3/b19-14-. The molecule has 0 saturated carbocycles. The quantitative estimate of drug-likeness (QED) is 0.353. The average molecular weight is 428 g/mol. The maximum absolute atomic E-state index is 12.7. The van der Waals surface area contributed by atoms with Crippen molar-refractivity contribution in [1.82, 2.24) is 4.90 Å². The van der Waals surface area contributed by atoms with Crippen LogP contribution in [-0.4, -0.2) is 34.2 Å². The van der Waals surface area contributed by atoms with E-state index in [2.05, 4.69) is 0 Å². The van der Waals surface area contributed by atoms with Crippen LogP contribution >= 0.6 is 24.0 Å². The molecular weight excluding hydrogens is 406 g/mol. The van der Waals surface area contributed by atoms with Crippen LogP contribution in [0, 0.1) is 0 Å². The molecule has 1 saturated heterocycles. The van der Waals surface area contributed by atoms with Crippen molar-refractivity contribution in [3.8, 4) is 5.75 Å². The molecule has 0 unspecified atom stereocenters. The van der Waals surface area contributed by atoms with Crippen molar-refractivity contribution in [1.29, 1.82) is 0 Å². The minimum Gasteiger partial charge on any atom is -0.488 e. The highest BCUT2D eigenvalue weighted by Crippen LogP contribution is 2.34. The van der Waals surface area contributed by atoms with Gasteiger partial charge in [0.15, 0.2) is 0 Å². The zero-order chi connectivity index (χ0) is 20.6. The van der Waals surface area contributed by atoms with E-state index in [0.717, 1.165) is 11.1 Å². The molecule has 0 atom stereocenters. The number of thiocarbonyl (C=S) groups is 1. The molecule has 1 amide bonds. The number of ether oxygens (including phenoxy) is 2. The normalized spacial score (nSPS) is 15.1. The first-order chi connectivity index (χ1) is 14.1. The zero-order valence-electron chi connectivity index (χ0n) is 16.0. The number of amides is 1. The lowest BCUT2D eigenvalue weighted by molar-refractivity contribution is -0.143. The van der Waals surface area contributed by atoms with Crippen molar-refractivity contribution in [3.63, 3.8) is 0 Å². The van der Waals surface area contributed by atoms with E-state index < -0.39 is 0 Å². The molecule has 0 aromatic heterocycles. The molecule has 2 aromatic rings. The Labute approximate surface area is 179 Å². The molecule has 0 spiro atoms. The first-order valence-corrected chi connectivity index (χ1v) is 10.5. The van der Waals surface area contributed by atoms with Crippen LogP contribution in [0.4, 0.5) is 0 Å². The van der Waals surface area contributed by atoms with Gasteiger partial charge in [0.1, 0.15) is 16.7 Å². The van der Waals surface area contributed by atoms with Crippen LogP contribution in [0.5, 0.6) is 5.75 Å². The van der Waals surface area contributed by atoms with E-state index in [1.54, 1.807) is 13.0 Å². The van der Waals surface area contributed by atoms with Crippen LogP contribution in [0.1, 0.15) is 24.5 Å². The van der Waals surface area contributed by atoms with Crippen molar-refractivity contribution in [2.45, 2.75) is 20.0 Å². The molecule has 1 aliphatic heterocycles. The lowest BCUT2D eigenvalue weighted by Crippen LogP contribution is -2.30. The van der Waals surface area contributed by atoms with Gasteiger partial charge >= 0.3 is 5.97 Å². The number of thioether (sulfide) groups is 1. The Morgan fingerprint density at radius 3 is 2.62 bits per heavy atom. The van der Waals surface area contributed by atoms with Crippen molar-refractivity contribution < 1.29 is 19.1 Å². The van der Waals surface area contributed by atoms with Gasteiger partial charge in [-0.05, 0) is 24.6 Å². The number of rotatable bonds is 8. The predicted molar refractivity (Wildman–Crippen MR) is 118 cm³/mol. The smallest absolute Gasteiger partial charge is 0.307 e. The van der Waals surface area contributed by atoms with E-state index in [1.807, 2.05) is 54.6 Å². The van der Waals surface area contributed by atoms with Crippen LogP contribution in [0.15, 0.2) is 59.5 Å². The number of carbonyl (C=O) groups is 2. The number of nitrogens with zero attached hydrogens (tertiary/aromatic N) is 1. The Morgan fingerprint density at radius 1 is 1.14 bits per heavy atom. The minimum absolute atomic E-state index is 0.115. The fourth-order valence-corrected chi connectivity index (χ4v) is 4.04. The van der Waals surface area contributed by atoms with Gasteiger partial charge in [0.05, 0.1) is 17.9 Å². The van der Waals surface area contributed by atoms with Crippen molar-refractivity contribution in [3.05, 3.63) is 70.6 Å². The van der Waals surface area contributed by atoms with E-state index >= 15 is 0 Å². The molecule has 5 nitrogen and oxygen atoms in total. The molecule has 1 fully saturated rings. The Bertz CT molecular complexity index is 927. The third-order valence-corrected chi connectivity index (χ3v) is 5.54. The zero-order valence-corrected chi connectivity index (χ0v) is 17.6. The van der Waals surface area contributed by atoms with Crippen molar-refractivity contribution >= 4 is 46.3 Å². The molecular formula is C22H21NO4S2. The van der Waals surface area contributed by atoms with Gasteiger partial charge in [-0.2, -0.15) is 0 Å². The van der Waals surface area contributed by atoms with Gasteiger partial charge < -0.3 is 9.47 Å². The Hall–Kier alpha value is -2.64. The summed E-state index contributed by atoms with van der Waals surface area (Å²) in [5.74, 6) is 0.139. The molecule has 2 aromatic carbocycles. The highest BCUT2D eigenvalue weighted by atomic mass is 32.2. The van der Waals surface area contributed by atoms with Gasteiger partial charge in [0.2, 0.25) is 0 Å². The summed E-state index contributed by atoms with van der Waals surface area (Å²) < 4.78 is 11.3. The summed E-state index contributed by atoms with van der Waals surface area (Å²) in [7, 11) is 0. The van der Waals surface area contributed by atoms with Gasteiger partial charge in [-0.15, -0.1) is 0 Å². The number of carbonyl (C=O) groups excluding carboxylic acids is 2. The molecule has 1 heterocycles. The van der Waals surface area contributed by atoms with Gasteiger partial charge in [-0.3, -0.25) is 14.5 Å². The molecule has 150 valence electrons. The summed E-state index contributed by atoms with van der Waals surface area (Å²) in [6.45, 7) is 2.72. The van der Waals surface area contributed by atoms with E-state index in [-0.39, 0.29) is 24.8 Å². The molecule has 3 rings (SSSR count). The third-order valence-electron chi connectivity index (χ3n) is 4.16. The Kier molecular flexibility index (Phi) is 7.43. The fraction of sp³-hybridized carbons (Fsp3) is 0.227. The van der Waals surface area contributed by atoms with E-state index in [1.165, 1.54) is 16.7 Å². The predicted octanol–water partition coefficient (Wildman–Crippen LogP) is 4.42. The highest BCUT2D eigenvalue weighted by molar-refractivity contribution is 8.26. The van der Waals surface area contributed by atoms with Gasteiger partial charge in [-0.25, -0.2) is 0 Å². The first-order valence-electron chi connectivity index (χ1n) is 9.25.